The van der Waals surface area contributed by atoms with E-state index in [4.69, 9.17) is 0 Å². The zero-order valence-corrected chi connectivity index (χ0v) is 14.3. The van der Waals surface area contributed by atoms with E-state index in [9.17, 15) is 13.2 Å². The van der Waals surface area contributed by atoms with Gasteiger partial charge in [0.1, 0.15) is 0 Å². The molecule has 1 amide bonds. The quantitative estimate of drug-likeness (QED) is 0.870. The Balaban J connectivity index is 1.68. The highest BCUT2D eigenvalue weighted by Gasteiger charge is 2.25. The summed E-state index contributed by atoms with van der Waals surface area (Å²) < 4.78 is 27.3. The maximum Gasteiger partial charge on any atom is 0.251 e. The van der Waals surface area contributed by atoms with Gasteiger partial charge in [-0.25, -0.2) is 13.1 Å². The lowest BCUT2D eigenvalue weighted by atomic mass is 9.91. The van der Waals surface area contributed by atoms with Gasteiger partial charge in [0.2, 0.25) is 10.0 Å². The molecule has 3 rings (SSSR count). The Kier molecular flexibility index (Phi) is 4.69. The van der Waals surface area contributed by atoms with Crippen molar-refractivity contribution in [3.05, 3.63) is 70.8 Å². The third-order valence-corrected chi connectivity index (χ3v) is 5.50. The van der Waals surface area contributed by atoms with Gasteiger partial charge >= 0.3 is 0 Å². The number of rotatable bonds is 5. The van der Waals surface area contributed by atoms with Crippen molar-refractivity contribution in [3.8, 4) is 0 Å². The third-order valence-electron chi connectivity index (χ3n) is 4.18. The number of nitrogens with one attached hydrogen (secondary N) is 2. The molecule has 0 saturated heterocycles. The lowest BCUT2D eigenvalue weighted by Gasteiger charge is -2.25. The van der Waals surface area contributed by atoms with Crippen molar-refractivity contribution in [1.29, 1.82) is 0 Å². The molecular weight excluding hydrogens is 324 g/mol. The first kappa shape index (κ1) is 16.7. The van der Waals surface area contributed by atoms with Gasteiger partial charge in [-0.15, -0.1) is 0 Å². The largest absolute Gasteiger partial charge is 0.351 e. The molecular formula is C18H20N2O3S. The Morgan fingerprint density at radius 2 is 1.83 bits per heavy atom. The normalized spacial score (nSPS) is 17.2. The first-order valence-electron chi connectivity index (χ1n) is 7.84. The van der Waals surface area contributed by atoms with Crippen LogP contribution in [0, 0.1) is 6.92 Å². The Bertz CT molecular complexity index is 845. The maximum absolute atomic E-state index is 12.3. The molecule has 0 fully saturated rings. The summed E-state index contributed by atoms with van der Waals surface area (Å²) in [5.74, 6) is -0.218. The van der Waals surface area contributed by atoms with E-state index < -0.39 is 10.0 Å². The second-order valence-electron chi connectivity index (χ2n) is 6.09. The summed E-state index contributed by atoms with van der Waals surface area (Å²) in [6, 6.07) is 14.8. The van der Waals surface area contributed by atoms with Crippen LogP contribution >= 0.6 is 0 Å². The number of aryl methyl sites for hydroxylation is 1. The fraction of sp³-hybridized carbons (Fsp3) is 0.278. The molecule has 6 heteroatoms. The van der Waals surface area contributed by atoms with Gasteiger partial charge in [0.25, 0.3) is 5.91 Å². The minimum atomic E-state index is -3.43. The zero-order valence-electron chi connectivity index (χ0n) is 13.5. The van der Waals surface area contributed by atoms with E-state index in [0.717, 1.165) is 16.7 Å². The van der Waals surface area contributed by atoms with Crippen LogP contribution in [-0.4, -0.2) is 27.4 Å². The lowest BCUT2D eigenvalue weighted by Crippen LogP contribution is -2.40. The second kappa shape index (κ2) is 6.75. The Hall–Kier alpha value is -2.18. The van der Waals surface area contributed by atoms with Gasteiger partial charge in [0, 0.05) is 24.6 Å². The number of amides is 1. The predicted molar refractivity (Wildman–Crippen MR) is 93.3 cm³/mol. The topological polar surface area (TPSA) is 75.3 Å². The highest BCUT2D eigenvalue weighted by atomic mass is 32.2. The molecule has 0 aromatic heterocycles. The molecule has 0 saturated carbocycles. The summed E-state index contributed by atoms with van der Waals surface area (Å²) in [6.45, 7) is 2.67. The predicted octanol–water partition coefficient (Wildman–Crippen LogP) is 1.94. The third kappa shape index (κ3) is 3.83. The SMILES string of the molecule is Cc1ccc(CS(=O)(=O)NCC2CNC(=O)c3ccccc32)cc1. The van der Waals surface area contributed by atoms with Crippen LogP contribution in [0.25, 0.3) is 0 Å². The highest BCUT2D eigenvalue weighted by Crippen LogP contribution is 2.23. The van der Waals surface area contributed by atoms with Gasteiger partial charge in [0.15, 0.2) is 0 Å². The second-order valence-corrected chi connectivity index (χ2v) is 7.89. The van der Waals surface area contributed by atoms with Gasteiger partial charge in [-0.05, 0) is 24.1 Å². The van der Waals surface area contributed by atoms with Gasteiger partial charge in [-0.3, -0.25) is 4.79 Å². The Labute approximate surface area is 142 Å². The van der Waals surface area contributed by atoms with Crippen LogP contribution in [0.2, 0.25) is 0 Å². The molecule has 0 radical (unpaired) electrons. The first-order valence-corrected chi connectivity index (χ1v) is 9.50. The summed E-state index contributed by atoms with van der Waals surface area (Å²) in [6.07, 6.45) is 0. The van der Waals surface area contributed by atoms with E-state index in [2.05, 4.69) is 10.0 Å². The van der Waals surface area contributed by atoms with Crippen LogP contribution in [0.4, 0.5) is 0 Å². The monoisotopic (exact) mass is 344 g/mol. The van der Waals surface area contributed by atoms with Crippen molar-refractivity contribution >= 4 is 15.9 Å². The highest BCUT2D eigenvalue weighted by molar-refractivity contribution is 7.88. The number of carbonyl (C=O) groups is 1. The standard InChI is InChI=1S/C18H20N2O3S/c1-13-6-8-14(9-7-13)12-24(22,23)20-11-15-10-19-18(21)17-5-3-2-4-16(15)17/h2-9,15,20H,10-12H2,1H3,(H,19,21). The molecule has 0 bridgehead atoms. The fourth-order valence-corrected chi connectivity index (χ4v) is 4.03. The maximum atomic E-state index is 12.3. The van der Waals surface area contributed by atoms with Crippen molar-refractivity contribution in [2.24, 2.45) is 0 Å². The van der Waals surface area contributed by atoms with Gasteiger partial charge in [-0.1, -0.05) is 48.0 Å². The molecule has 126 valence electrons. The van der Waals surface area contributed by atoms with Crippen molar-refractivity contribution in [2.75, 3.05) is 13.1 Å². The van der Waals surface area contributed by atoms with Gasteiger partial charge < -0.3 is 5.32 Å². The molecule has 0 spiro atoms. The Morgan fingerprint density at radius 3 is 2.58 bits per heavy atom. The number of hydrogen-bond acceptors (Lipinski definition) is 3. The molecule has 24 heavy (non-hydrogen) atoms. The van der Waals surface area contributed by atoms with Crippen molar-refractivity contribution < 1.29 is 13.2 Å². The number of sulfonamides is 1. The molecule has 1 atom stereocenters. The fourth-order valence-electron chi connectivity index (χ4n) is 2.85. The minimum absolute atomic E-state index is 0.0476. The molecule has 2 aromatic rings. The smallest absolute Gasteiger partial charge is 0.251 e. The molecule has 1 unspecified atom stereocenters. The number of fused-ring (bicyclic) bond motifs is 1. The van der Waals surface area contributed by atoms with Gasteiger partial charge in [-0.2, -0.15) is 0 Å². The molecule has 1 aliphatic rings. The van der Waals surface area contributed by atoms with E-state index in [1.54, 1.807) is 6.07 Å². The first-order chi connectivity index (χ1) is 11.4. The minimum Gasteiger partial charge on any atom is -0.351 e. The van der Waals surface area contributed by atoms with Crippen LogP contribution in [-0.2, 0) is 15.8 Å². The van der Waals surface area contributed by atoms with E-state index in [1.807, 2.05) is 49.4 Å². The van der Waals surface area contributed by atoms with Gasteiger partial charge in [0.05, 0.1) is 5.75 Å². The summed E-state index contributed by atoms with van der Waals surface area (Å²) >= 11 is 0. The van der Waals surface area contributed by atoms with E-state index >= 15 is 0 Å². The van der Waals surface area contributed by atoms with Crippen molar-refractivity contribution in [2.45, 2.75) is 18.6 Å². The van der Waals surface area contributed by atoms with Crippen LogP contribution < -0.4 is 10.0 Å². The Morgan fingerprint density at radius 1 is 1.12 bits per heavy atom. The number of carbonyl (C=O) groups excluding carboxylic acids is 1. The van der Waals surface area contributed by atoms with E-state index in [1.165, 1.54) is 0 Å². The molecule has 5 nitrogen and oxygen atoms in total. The van der Waals surface area contributed by atoms with Crippen LogP contribution in [0.1, 0.15) is 33.0 Å². The number of benzene rings is 2. The zero-order chi connectivity index (χ0) is 17.2. The molecule has 1 heterocycles. The lowest BCUT2D eigenvalue weighted by molar-refractivity contribution is 0.0940. The molecule has 2 aromatic carbocycles. The van der Waals surface area contributed by atoms with E-state index in [0.29, 0.717) is 12.1 Å². The summed E-state index contributed by atoms with van der Waals surface area (Å²) in [5.41, 5.74) is 3.36. The molecule has 2 N–H and O–H groups in total. The van der Waals surface area contributed by atoms with Crippen LogP contribution in [0.15, 0.2) is 48.5 Å². The average Bonchev–Trinajstić information content (AvgIpc) is 2.56. The summed E-state index contributed by atoms with van der Waals surface area (Å²) in [4.78, 5) is 11.9. The molecule has 1 aliphatic heterocycles. The van der Waals surface area contributed by atoms with Crippen LogP contribution in [0.5, 0.6) is 0 Å². The van der Waals surface area contributed by atoms with Crippen molar-refractivity contribution in [3.63, 3.8) is 0 Å². The average molecular weight is 344 g/mol. The summed E-state index contributed by atoms with van der Waals surface area (Å²) in [7, 11) is -3.43. The molecule has 0 aliphatic carbocycles. The number of hydrogen-bond donors (Lipinski definition) is 2. The van der Waals surface area contributed by atoms with E-state index in [-0.39, 0.29) is 24.1 Å². The summed E-state index contributed by atoms with van der Waals surface area (Å²) in [5, 5.41) is 2.81. The van der Waals surface area contributed by atoms with Crippen molar-refractivity contribution in [1.82, 2.24) is 10.0 Å². The van der Waals surface area contributed by atoms with Crippen LogP contribution in [0.3, 0.4) is 0 Å².